The zero-order valence-corrected chi connectivity index (χ0v) is 15.4. The molecule has 0 amide bonds. The van der Waals surface area contributed by atoms with Crippen LogP contribution in [0.1, 0.15) is 13.8 Å². The van der Waals surface area contributed by atoms with E-state index in [0.29, 0.717) is 0 Å². The van der Waals surface area contributed by atoms with Crippen LogP contribution in [0, 0.1) is 0 Å². The Morgan fingerprint density at radius 3 is 2.25 bits per heavy atom. The van der Waals surface area contributed by atoms with E-state index in [1.54, 1.807) is 11.3 Å². The van der Waals surface area contributed by atoms with E-state index in [2.05, 4.69) is 26.9 Å². The molecule has 1 aromatic heterocycles. The smallest absolute Gasteiger partial charge is 0.211 e. The number of halogens is 1. The van der Waals surface area contributed by atoms with Gasteiger partial charge in [0.1, 0.15) is 0 Å². The predicted molar refractivity (Wildman–Crippen MR) is 104 cm³/mol. The molecule has 0 N–H and O–H groups in total. The minimum absolute atomic E-state index is 0.733. The van der Waals surface area contributed by atoms with Gasteiger partial charge >= 0.3 is 0 Å². The number of benzene rings is 2. The van der Waals surface area contributed by atoms with E-state index < -0.39 is 0 Å². The molecule has 3 nitrogen and oxygen atoms in total. The zero-order chi connectivity index (χ0) is 17.1. The lowest BCUT2D eigenvalue weighted by Gasteiger charge is -2.07. The minimum atomic E-state index is 0.733. The average molecular weight is 356 g/mol. The molecule has 0 aliphatic carbocycles. The van der Waals surface area contributed by atoms with Crippen molar-refractivity contribution in [3.8, 4) is 21.7 Å². The first kappa shape index (κ1) is 16.7. The van der Waals surface area contributed by atoms with Gasteiger partial charge in [0.15, 0.2) is 0 Å². The molecule has 0 fully saturated rings. The van der Waals surface area contributed by atoms with Crippen LogP contribution < -0.4 is 4.80 Å². The molecule has 0 aliphatic rings. The Balaban J connectivity index is 2.27. The summed E-state index contributed by atoms with van der Waals surface area (Å²) in [5, 5.41) is 9.35. The van der Waals surface area contributed by atoms with Crippen LogP contribution in [-0.4, -0.2) is 10.3 Å². The third kappa shape index (κ3) is 3.50. The van der Waals surface area contributed by atoms with Gasteiger partial charge in [-0.05, 0) is 37.1 Å². The molecule has 0 saturated carbocycles. The van der Waals surface area contributed by atoms with Crippen molar-refractivity contribution >= 4 is 28.6 Å². The van der Waals surface area contributed by atoms with E-state index in [9.17, 15) is 0 Å². The highest BCUT2D eigenvalue weighted by atomic mass is 35.5. The second-order valence-corrected chi connectivity index (χ2v) is 7.06. The SMILES string of the molecule is CC(C)=NN=c1sc(-c2ccc(Cl)cc2)c(-c2ccccc2)n1C. The number of hydrogen-bond donors (Lipinski definition) is 0. The Labute approximate surface area is 150 Å². The van der Waals surface area contributed by atoms with Crippen LogP contribution in [0.3, 0.4) is 0 Å². The van der Waals surface area contributed by atoms with E-state index in [4.69, 9.17) is 11.6 Å². The maximum Gasteiger partial charge on any atom is 0.211 e. The van der Waals surface area contributed by atoms with Crippen molar-refractivity contribution < 1.29 is 0 Å². The van der Waals surface area contributed by atoms with Crippen molar-refractivity contribution in [1.29, 1.82) is 0 Å². The highest BCUT2D eigenvalue weighted by Crippen LogP contribution is 2.34. The molecule has 122 valence electrons. The highest BCUT2D eigenvalue weighted by molar-refractivity contribution is 7.13. The van der Waals surface area contributed by atoms with Gasteiger partial charge in [-0.25, -0.2) is 0 Å². The molecule has 0 aliphatic heterocycles. The molecule has 3 rings (SSSR count). The van der Waals surface area contributed by atoms with Crippen LogP contribution in [-0.2, 0) is 7.05 Å². The van der Waals surface area contributed by atoms with Gasteiger partial charge in [-0.3, -0.25) is 0 Å². The van der Waals surface area contributed by atoms with E-state index in [0.717, 1.165) is 37.2 Å². The summed E-state index contributed by atoms with van der Waals surface area (Å²) in [6.45, 7) is 3.88. The summed E-state index contributed by atoms with van der Waals surface area (Å²) in [7, 11) is 2.03. The molecular weight excluding hydrogens is 338 g/mol. The molecule has 0 radical (unpaired) electrons. The van der Waals surface area contributed by atoms with E-state index >= 15 is 0 Å². The fourth-order valence-electron chi connectivity index (χ4n) is 2.40. The van der Waals surface area contributed by atoms with Crippen LogP contribution in [0.2, 0.25) is 5.02 Å². The molecule has 2 aromatic carbocycles. The molecule has 0 bridgehead atoms. The third-order valence-corrected chi connectivity index (χ3v) is 4.94. The Morgan fingerprint density at radius 1 is 0.958 bits per heavy atom. The second-order valence-electron chi connectivity index (χ2n) is 5.64. The Kier molecular flexibility index (Phi) is 4.97. The average Bonchev–Trinajstić information content (AvgIpc) is 2.91. The first-order valence-electron chi connectivity index (χ1n) is 7.62. The summed E-state index contributed by atoms with van der Waals surface area (Å²) in [4.78, 5) is 2.02. The van der Waals surface area contributed by atoms with Gasteiger partial charge in [0.25, 0.3) is 0 Å². The lowest BCUT2D eigenvalue weighted by Crippen LogP contribution is -2.10. The van der Waals surface area contributed by atoms with Crippen LogP contribution in [0.4, 0.5) is 0 Å². The molecule has 0 saturated heterocycles. The standard InChI is InChI=1S/C19H18ClN3S/c1-13(2)21-22-19-23(3)17(14-7-5-4-6-8-14)18(24-19)15-9-11-16(20)12-10-15/h4-12H,1-3H3. The van der Waals surface area contributed by atoms with Gasteiger partial charge in [0.2, 0.25) is 4.80 Å². The Bertz CT molecular complexity index is 931. The molecule has 3 aromatic rings. The monoisotopic (exact) mass is 355 g/mol. The van der Waals surface area contributed by atoms with Gasteiger partial charge in [-0.2, -0.15) is 5.10 Å². The summed E-state index contributed by atoms with van der Waals surface area (Å²) < 4.78 is 2.09. The number of aromatic nitrogens is 1. The minimum Gasteiger partial charge on any atom is -0.318 e. The third-order valence-electron chi connectivity index (χ3n) is 3.52. The molecule has 0 unspecified atom stereocenters. The van der Waals surface area contributed by atoms with Gasteiger partial charge in [-0.15, -0.1) is 5.10 Å². The Hall–Kier alpha value is -2.17. The molecule has 5 heteroatoms. The van der Waals surface area contributed by atoms with E-state index in [1.807, 2.05) is 63.4 Å². The molecule has 24 heavy (non-hydrogen) atoms. The fraction of sp³-hybridized carbons (Fsp3) is 0.158. The van der Waals surface area contributed by atoms with Crippen LogP contribution >= 0.6 is 22.9 Å². The lowest BCUT2D eigenvalue weighted by atomic mass is 10.1. The first-order chi connectivity index (χ1) is 11.6. The summed E-state index contributed by atoms with van der Waals surface area (Å²) >= 11 is 7.67. The molecule has 0 atom stereocenters. The Morgan fingerprint density at radius 2 is 1.62 bits per heavy atom. The summed E-state index contributed by atoms with van der Waals surface area (Å²) in [5.74, 6) is 0. The quantitative estimate of drug-likeness (QED) is 0.446. The van der Waals surface area contributed by atoms with Crippen molar-refractivity contribution in [2.75, 3.05) is 0 Å². The van der Waals surface area contributed by atoms with Crippen molar-refractivity contribution in [2.24, 2.45) is 17.3 Å². The zero-order valence-electron chi connectivity index (χ0n) is 13.8. The number of thiazole rings is 1. The first-order valence-corrected chi connectivity index (χ1v) is 8.82. The number of rotatable bonds is 3. The van der Waals surface area contributed by atoms with Gasteiger partial charge in [-0.1, -0.05) is 65.4 Å². The summed E-state index contributed by atoms with van der Waals surface area (Å²) in [6.07, 6.45) is 0. The van der Waals surface area contributed by atoms with E-state index in [1.165, 1.54) is 0 Å². The van der Waals surface area contributed by atoms with Crippen LogP contribution in [0.25, 0.3) is 21.7 Å². The maximum absolute atomic E-state index is 6.04. The largest absolute Gasteiger partial charge is 0.318 e. The van der Waals surface area contributed by atoms with Gasteiger partial charge < -0.3 is 4.57 Å². The number of nitrogens with zero attached hydrogens (tertiary/aromatic N) is 3. The van der Waals surface area contributed by atoms with Gasteiger partial charge in [0.05, 0.1) is 10.6 Å². The second kappa shape index (κ2) is 7.16. The van der Waals surface area contributed by atoms with Crippen LogP contribution in [0.5, 0.6) is 0 Å². The molecular formula is C19H18ClN3S. The number of hydrogen-bond acceptors (Lipinski definition) is 3. The van der Waals surface area contributed by atoms with Crippen molar-refractivity contribution in [1.82, 2.24) is 4.57 Å². The highest BCUT2D eigenvalue weighted by Gasteiger charge is 2.15. The van der Waals surface area contributed by atoms with E-state index in [-0.39, 0.29) is 0 Å². The maximum atomic E-state index is 6.04. The predicted octanol–water partition coefficient (Wildman–Crippen LogP) is 5.37. The summed E-state index contributed by atoms with van der Waals surface area (Å²) in [5.41, 5.74) is 4.33. The fourth-order valence-corrected chi connectivity index (χ4v) is 3.63. The van der Waals surface area contributed by atoms with Crippen molar-refractivity contribution in [3.63, 3.8) is 0 Å². The van der Waals surface area contributed by atoms with Crippen LogP contribution in [0.15, 0.2) is 64.8 Å². The summed E-state index contributed by atoms with van der Waals surface area (Å²) in [6, 6.07) is 18.2. The molecule has 0 spiro atoms. The van der Waals surface area contributed by atoms with Crippen molar-refractivity contribution in [3.05, 3.63) is 64.4 Å². The van der Waals surface area contributed by atoms with Crippen molar-refractivity contribution in [2.45, 2.75) is 13.8 Å². The molecule has 1 heterocycles. The lowest BCUT2D eigenvalue weighted by molar-refractivity contribution is 0.863. The normalized spacial score (nSPS) is 11.6. The topological polar surface area (TPSA) is 29.6 Å². The van der Waals surface area contributed by atoms with Gasteiger partial charge in [0, 0.05) is 17.8 Å².